The van der Waals surface area contributed by atoms with E-state index >= 15 is 0 Å². The topological polar surface area (TPSA) is 29.1 Å². The summed E-state index contributed by atoms with van der Waals surface area (Å²) < 4.78 is 13.7. The first-order chi connectivity index (χ1) is 10.6. The molecular formula is C17H15ClFNOS. The van der Waals surface area contributed by atoms with Gasteiger partial charge in [-0.15, -0.1) is 11.8 Å². The number of hydrogen-bond acceptors (Lipinski definition) is 2. The molecule has 0 heterocycles. The molecule has 2 aromatic carbocycles. The number of amides is 1. The minimum atomic E-state index is -0.597. The Kier molecular flexibility index (Phi) is 4.69. The van der Waals surface area contributed by atoms with Crippen molar-refractivity contribution in [2.24, 2.45) is 0 Å². The molecule has 0 radical (unpaired) electrons. The first-order valence-electron chi connectivity index (χ1n) is 7.12. The summed E-state index contributed by atoms with van der Waals surface area (Å²) in [6.07, 6.45) is 3.47. The predicted octanol–water partition coefficient (Wildman–Crippen LogP) is 4.70. The van der Waals surface area contributed by atoms with Gasteiger partial charge in [0.2, 0.25) is 5.91 Å². The maximum atomic E-state index is 13.7. The Bertz CT molecular complexity index is 720. The molecule has 0 fully saturated rings. The van der Waals surface area contributed by atoms with E-state index in [2.05, 4.69) is 17.4 Å². The second-order valence-electron chi connectivity index (χ2n) is 5.22. The molecule has 2 aromatic rings. The number of benzene rings is 2. The summed E-state index contributed by atoms with van der Waals surface area (Å²) in [5.74, 6) is -0.600. The van der Waals surface area contributed by atoms with Gasteiger partial charge in [0.15, 0.2) is 5.82 Å². The normalized spacial score (nSPS) is 13.0. The molecule has 22 heavy (non-hydrogen) atoms. The van der Waals surface area contributed by atoms with Crippen molar-refractivity contribution in [2.45, 2.75) is 24.2 Å². The minimum Gasteiger partial charge on any atom is -0.323 e. The van der Waals surface area contributed by atoms with E-state index in [0.717, 1.165) is 17.7 Å². The summed E-state index contributed by atoms with van der Waals surface area (Å²) in [5.41, 5.74) is 2.91. The average Bonchev–Trinajstić information content (AvgIpc) is 2.97. The molecule has 0 spiro atoms. The zero-order chi connectivity index (χ0) is 15.5. The number of carbonyl (C=O) groups excluding carboxylic acids is 1. The molecular weight excluding hydrogens is 321 g/mol. The van der Waals surface area contributed by atoms with Crippen LogP contribution in [0.4, 0.5) is 10.1 Å². The highest BCUT2D eigenvalue weighted by atomic mass is 35.5. The minimum absolute atomic E-state index is 0.00377. The second kappa shape index (κ2) is 6.71. The lowest BCUT2D eigenvalue weighted by Crippen LogP contribution is -2.15. The van der Waals surface area contributed by atoms with Gasteiger partial charge in [-0.2, -0.15) is 0 Å². The third kappa shape index (κ3) is 3.45. The number of carbonyl (C=O) groups is 1. The zero-order valence-corrected chi connectivity index (χ0v) is 13.4. The molecule has 114 valence electrons. The van der Waals surface area contributed by atoms with Crippen molar-refractivity contribution in [3.63, 3.8) is 0 Å². The van der Waals surface area contributed by atoms with Crippen molar-refractivity contribution >= 4 is 35.0 Å². The van der Waals surface area contributed by atoms with E-state index in [1.165, 1.54) is 41.4 Å². The molecule has 1 aliphatic carbocycles. The van der Waals surface area contributed by atoms with E-state index in [1.54, 1.807) is 6.07 Å². The van der Waals surface area contributed by atoms with E-state index < -0.39 is 5.82 Å². The van der Waals surface area contributed by atoms with Crippen LogP contribution in [-0.2, 0) is 17.6 Å². The number of thioether (sulfide) groups is 1. The van der Waals surface area contributed by atoms with Crippen molar-refractivity contribution in [1.82, 2.24) is 0 Å². The van der Waals surface area contributed by atoms with Gasteiger partial charge >= 0.3 is 0 Å². The Labute approximate surface area is 138 Å². The predicted molar refractivity (Wildman–Crippen MR) is 89.2 cm³/mol. The van der Waals surface area contributed by atoms with Gasteiger partial charge in [-0.25, -0.2) is 4.39 Å². The largest absolute Gasteiger partial charge is 0.323 e. The maximum absolute atomic E-state index is 13.7. The van der Waals surface area contributed by atoms with Gasteiger partial charge in [-0.3, -0.25) is 4.79 Å². The van der Waals surface area contributed by atoms with Crippen molar-refractivity contribution in [3.8, 4) is 0 Å². The Balaban J connectivity index is 1.59. The summed E-state index contributed by atoms with van der Waals surface area (Å²) in [5, 5.41) is 2.56. The lowest BCUT2D eigenvalue weighted by Gasteiger charge is -2.08. The van der Waals surface area contributed by atoms with Crippen LogP contribution in [0.1, 0.15) is 17.5 Å². The van der Waals surface area contributed by atoms with E-state index in [4.69, 9.17) is 11.6 Å². The van der Waals surface area contributed by atoms with E-state index in [0.29, 0.717) is 0 Å². The van der Waals surface area contributed by atoms with Crippen LogP contribution in [-0.4, -0.2) is 11.7 Å². The fraction of sp³-hybridized carbons (Fsp3) is 0.235. The van der Waals surface area contributed by atoms with Crippen LogP contribution in [0.15, 0.2) is 41.3 Å². The van der Waals surface area contributed by atoms with Crippen LogP contribution in [0, 0.1) is 5.82 Å². The summed E-state index contributed by atoms with van der Waals surface area (Å²) >= 11 is 7.15. The Morgan fingerprint density at radius 2 is 2.05 bits per heavy atom. The van der Waals surface area contributed by atoms with Crippen LogP contribution in [0.2, 0.25) is 5.02 Å². The molecule has 1 amide bonds. The quantitative estimate of drug-likeness (QED) is 0.821. The van der Waals surface area contributed by atoms with Gasteiger partial charge in [-0.1, -0.05) is 23.7 Å². The number of anilines is 1. The average molecular weight is 336 g/mol. The van der Waals surface area contributed by atoms with Crippen LogP contribution in [0.5, 0.6) is 0 Å². The summed E-state index contributed by atoms with van der Waals surface area (Å²) in [6, 6.07) is 10.9. The molecule has 3 rings (SSSR count). The molecule has 0 unspecified atom stereocenters. The lowest BCUT2D eigenvalue weighted by atomic mass is 10.1. The fourth-order valence-corrected chi connectivity index (χ4v) is 3.51. The van der Waals surface area contributed by atoms with Gasteiger partial charge < -0.3 is 5.32 Å². The first-order valence-corrected chi connectivity index (χ1v) is 8.48. The highest BCUT2D eigenvalue weighted by molar-refractivity contribution is 8.00. The van der Waals surface area contributed by atoms with Crippen molar-refractivity contribution in [3.05, 3.63) is 58.4 Å². The van der Waals surface area contributed by atoms with E-state index in [9.17, 15) is 9.18 Å². The molecule has 0 saturated heterocycles. The zero-order valence-electron chi connectivity index (χ0n) is 11.9. The molecule has 0 aliphatic heterocycles. The first kappa shape index (κ1) is 15.4. The SMILES string of the molecule is O=C(CSc1ccc2c(c1)CCC2)Nc1cccc(Cl)c1F. The Hall–Kier alpha value is -1.52. The molecule has 0 saturated carbocycles. The molecule has 0 aromatic heterocycles. The van der Waals surface area contributed by atoms with Crippen LogP contribution >= 0.6 is 23.4 Å². The van der Waals surface area contributed by atoms with Crippen LogP contribution in [0.3, 0.4) is 0 Å². The second-order valence-corrected chi connectivity index (χ2v) is 6.68. The fourth-order valence-electron chi connectivity index (χ4n) is 2.57. The van der Waals surface area contributed by atoms with Crippen molar-refractivity contribution < 1.29 is 9.18 Å². The molecule has 0 bridgehead atoms. The third-order valence-corrected chi connectivity index (χ3v) is 4.95. The highest BCUT2D eigenvalue weighted by Gasteiger charge is 2.13. The monoisotopic (exact) mass is 335 g/mol. The number of fused-ring (bicyclic) bond motifs is 1. The van der Waals surface area contributed by atoms with E-state index in [1.807, 2.05) is 6.07 Å². The highest BCUT2D eigenvalue weighted by Crippen LogP contribution is 2.28. The van der Waals surface area contributed by atoms with Crippen molar-refractivity contribution in [1.29, 1.82) is 0 Å². The molecule has 1 N–H and O–H groups in total. The number of aryl methyl sites for hydroxylation is 2. The summed E-state index contributed by atoms with van der Waals surface area (Å²) in [7, 11) is 0. The Morgan fingerprint density at radius 3 is 2.91 bits per heavy atom. The molecule has 2 nitrogen and oxygen atoms in total. The molecule has 5 heteroatoms. The third-order valence-electron chi connectivity index (χ3n) is 3.67. The van der Waals surface area contributed by atoms with E-state index in [-0.39, 0.29) is 22.4 Å². The van der Waals surface area contributed by atoms with Gasteiger partial charge in [-0.05, 0) is 54.7 Å². The van der Waals surface area contributed by atoms with Crippen molar-refractivity contribution in [2.75, 3.05) is 11.1 Å². The Morgan fingerprint density at radius 1 is 1.23 bits per heavy atom. The number of hydrogen-bond donors (Lipinski definition) is 1. The molecule has 0 atom stereocenters. The van der Waals surface area contributed by atoms with Gasteiger partial charge in [0.25, 0.3) is 0 Å². The van der Waals surface area contributed by atoms with Gasteiger partial charge in [0.1, 0.15) is 0 Å². The van der Waals surface area contributed by atoms with Crippen LogP contribution in [0.25, 0.3) is 0 Å². The number of nitrogens with one attached hydrogen (secondary N) is 1. The standard InChI is InChI=1S/C17H15ClFNOS/c18-14-5-2-6-15(17(14)19)20-16(21)10-22-13-8-7-11-3-1-4-12(11)9-13/h2,5-9H,1,3-4,10H2,(H,20,21). The van der Waals surface area contributed by atoms with Gasteiger partial charge in [0.05, 0.1) is 16.5 Å². The smallest absolute Gasteiger partial charge is 0.234 e. The van der Waals surface area contributed by atoms with Crippen LogP contribution < -0.4 is 5.32 Å². The number of halogens is 2. The number of rotatable bonds is 4. The summed E-state index contributed by atoms with van der Waals surface area (Å²) in [6.45, 7) is 0. The summed E-state index contributed by atoms with van der Waals surface area (Å²) in [4.78, 5) is 13.0. The maximum Gasteiger partial charge on any atom is 0.234 e. The van der Waals surface area contributed by atoms with Gasteiger partial charge in [0, 0.05) is 4.90 Å². The molecule has 1 aliphatic rings. The lowest BCUT2D eigenvalue weighted by molar-refractivity contribution is -0.113.